The molecular weight excluding hydrogens is 266 g/mol. The Hall–Kier alpha value is -1.78. The highest BCUT2D eigenvalue weighted by atomic mass is 16.6. The Kier molecular flexibility index (Phi) is 2.94. The predicted octanol–water partition coefficient (Wildman–Crippen LogP) is 3.00. The molecule has 0 radical (unpaired) electrons. The zero-order chi connectivity index (χ0) is 15.4. The third kappa shape index (κ3) is 2.34. The highest BCUT2D eigenvalue weighted by molar-refractivity contribution is 5.92. The van der Waals surface area contributed by atoms with Crippen LogP contribution in [0.1, 0.15) is 46.0 Å². The number of hydrogen-bond acceptors (Lipinski definition) is 3. The van der Waals surface area contributed by atoms with E-state index in [1.807, 2.05) is 20.8 Å². The fourth-order valence-electron chi connectivity index (χ4n) is 3.10. The average molecular weight is 289 g/mol. The van der Waals surface area contributed by atoms with Crippen LogP contribution < -0.4 is 0 Å². The first-order valence-corrected chi connectivity index (χ1v) is 7.51. The van der Waals surface area contributed by atoms with Crippen molar-refractivity contribution in [2.45, 2.75) is 46.6 Å². The smallest absolute Gasteiger partial charge is 0.410 e. The standard InChI is InChI=1S/C16H23N3O2/c1-6-10-7-12(18-17-10)13-11-8-19(9-16(11,13)5)14(20)21-15(2,3)4/h7H,6,8-9H2,1-5H3,(H,17,18). The lowest BCUT2D eigenvalue weighted by Gasteiger charge is -2.25. The van der Waals surface area contributed by atoms with E-state index >= 15 is 0 Å². The topological polar surface area (TPSA) is 58.2 Å². The largest absolute Gasteiger partial charge is 0.444 e. The third-order valence-electron chi connectivity index (χ3n) is 4.23. The number of rotatable bonds is 2. The molecule has 0 spiro atoms. The van der Waals surface area contributed by atoms with Crippen molar-refractivity contribution in [3.8, 4) is 0 Å². The first-order valence-electron chi connectivity index (χ1n) is 7.51. The van der Waals surface area contributed by atoms with Crippen molar-refractivity contribution in [1.29, 1.82) is 0 Å². The first-order chi connectivity index (χ1) is 9.74. The van der Waals surface area contributed by atoms with Gasteiger partial charge >= 0.3 is 6.09 Å². The van der Waals surface area contributed by atoms with Gasteiger partial charge < -0.3 is 9.64 Å². The summed E-state index contributed by atoms with van der Waals surface area (Å²) in [5, 5.41) is 7.45. The number of carbonyl (C=O) groups is 1. The van der Waals surface area contributed by atoms with Gasteiger partial charge in [-0.1, -0.05) is 6.92 Å². The summed E-state index contributed by atoms with van der Waals surface area (Å²) in [6, 6.07) is 2.11. The van der Waals surface area contributed by atoms with Crippen LogP contribution in [0.15, 0.2) is 11.6 Å². The Morgan fingerprint density at radius 3 is 2.71 bits per heavy atom. The second-order valence-electron chi connectivity index (χ2n) is 7.15. The molecule has 3 rings (SSSR count). The van der Waals surface area contributed by atoms with Crippen LogP contribution in [0.4, 0.5) is 4.79 Å². The van der Waals surface area contributed by atoms with Crippen molar-refractivity contribution < 1.29 is 9.53 Å². The lowest BCUT2D eigenvalue weighted by molar-refractivity contribution is 0.0282. The maximum Gasteiger partial charge on any atom is 0.410 e. The average Bonchev–Trinajstić information content (AvgIpc) is 2.76. The van der Waals surface area contributed by atoms with Gasteiger partial charge in [-0.25, -0.2) is 4.79 Å². The van der Waals surface area contributed by atoms with Gasteiger partial charge in [-0.3, -0.25) is 5.10 Å². The van der Waals surface area contributed by atoms with E-state index in [1.165, 1.54) is 11.1 Å². The molecule has 1 aromatic heterocycles. The Bertz CT molecular complexity index is 624. The number of aryl methyl sites for hydroxylation is 1. The van der Waals surface area contributed by atoms with E-state index in [1.54, 1.807) is 4.90 Å². The van der Waals surface area contributed by atoms with Gasteiger partial charge in [0, 0.05) is 24.2 Å². The molecule has 0 saturated carbocycles. The molecule has 0 aromatic carbocycles. The van der Waals surface area contributed by atoms with Crippen molar-refractivity contribution in [2.75, 3.05) is 13.1 Å². The molecule has 1 saturated heterocycles. The summed E-state index contributed by atoms with van der Waals surface area (Å²) in [6.45, 7) is 11.3. The fourth-order valence-corrected chi connectivity index (χ4v) is 3.10. The van der Waals surface area contributed by atoms with Gasteiger partial charge in [0.1, 0.15) is 5.60 Å². The maximum atomic E-state index is 12.1. The molecule has 5 heteroatoms. The molecule has 1 aliphatic heterocycles. The number of H-pyrrole nitrogens is 1. The van der Waals surface area contributed by atoms with E-state index in [0.29, 0.717) is 13.1 Å². The van der Waals surface area contributed by atoms with E-state index in [4.69, 9.17) is 4.74 Å². The van der Waals surface area contributed by atoms with Gasteiger partial charge in [0.2, 0.25) is 0 Å². The van der Waals surface area contributed by atoms with Gasteiger partial charge in [0.15, 0.2) is 0 Å². The predicted molar refractivity (Wildman–Crippen MR) is 80.8 cm³/mol. The molecule has 2 aliphatic rings. The number of hydrogen-bond donors (Lipinski definition) is 1. The zero-order valence-electron chi connectivity index (χ0n) is 13.4. The van der Waals surface area contributed by atoms with Crippen LogP contribution in [0.5, 0.6) is 0 Å². The summed E-state index contributed by atoms with van der Waals surface area (Å²) in [5.74, 6) is 0. The molecule has 5 nitrogen and oxygen atoms in total. The fraction of sp³-hybridized carbons (Fsp3) is 0.625. The molecule has 2 heterocycles. The Morgan fingerprint density at radius 1 is 1.52 bits per heavy atom. The number of aromatic amines is 1. The molecule has 1 amide bonds. The SMILES string of the molecule is CCc1cc(C2=C3CN(C(=O)OC(C)(C)C)CC32C)n[nH]1. The van der Waals surface area contributed by atoms with Crippen LogP contribution in [-0.4, -0.2) is 39.9 Å². The van der Waals surface area contributed by atoms with Crippen LogP contribution >= 0.6 is 0 Å². The van der Waals surface area contributed by atoms with Crippen molar-refractivity contribution >= 4 is 11.7 Å². The molecule has 21 heavy (non-hydrogen) atoms. The molecule has 1 unspecified atom stereocenters. The first kappa shape index (κ1) is 14.2. The minimum atomic E-state index is -0.444. The minimum absolute atomic E-state index is 0.00287. The number of carbonyl (C=O) groups excluding carboxylic acids is 1. The van der Waals surface area contributed by atoms with Gasteiger partial charge in [-0.2, -0.15) is 5.10 Å². The number of nitrogens with one attached hydrogen (secondary N) is 1. The molecular formula is C16H23N3O2. The van der Waals surface area contributed by atoms with Crippen LogP contribution in [0.3, 0.4) is 0 Å². The maximum absolute atomic E-state index is 12.1. The summed E-state index contributed by atoms with van der Waals surface area (Å²) in [5.41, 5.74) is 4.36. The highest BCUT2D eigenvalue weighted by Gasteiger charge is 2.57. The zero-order valence-corrected chi connectivity index (χ0v) is 13.4. The van der Waals surface area contributed by atoms with Crippen LogP contribution in [0.25, 0.3) is 5.57 Å². The second-order valence-corrected chi connectivity index (χ2v) is 7.15. The van der Waals surface area contributed by atoms with E-state index in [-0.39, 0.29) is 11.5 Å². The van der Waals surface area contributed by atoms with Crippen LogP contribution in [0, 0.1) is 5.41 Å². The number of fused-ring (bicyclic) bond motifs is 1. The molecule has 114 valence electrons. The lowest BCUT2D eigenvalue weighted by Crippen LogP contribution is -2.36. The van der Waals surface area contributed by atoms with Crippen molar-refractivity contribution in [3.05, 3.63) is 23.0 Å². The molecule has 1 aliphatic carbocycles. The second kappa shape index (κ2) is 4.36. The van der Waals surface area contributed by atoms with E-state index < -0.39 is 5.60 Å². The quantitative estimate of drug-likeness (QED) is 0.910. The van der Waals surface area contributed by atoms with Crippen molar-refractivity contribution in [2.24, 2.45) is 5.41 Å². The third-order valence-corrected chi connectivity index (χ3v) is 4.23. The molecule has 1 atom stereocenters. The van der Waals surface area contributed by atoms with Crippen LogP contribution in [0.2, 0.25) is 0 Å². The number of nitrogens with zero attached hydrogens (tertiary/aromatic N) is 2. The van der Waals surface area contributed by atoms with Gasteiger partial charge in [-0.05, 0) is 51.3 Å². The number of aromatic nitrogens is 2. The molecule has 1 N–H and O–H groups in total. The lowest BCUT2D eigenvalue weighted by atomic mass is 10.0. The number of ether oxygens (including phenoxy) is 1. The Balaban J connectivity index is 1.72. The Morgan fingerprint density at radius 2 is 2.24 bits per heavy atom. The van der Waals surface area contributed by atoms with E-state index in [0.717, 1.165) is 17.8 Å². The van der Waals surface area contributed by atoms with Gasteiger partial charge in [-0.15, -0.1) is 0 Å². The summed E-state index contributed by atoms with van der Waals surface area (Å²) in [7, 11) is 0. The Labute approximate surface area is 125 Å². The minimum Gasteiger partial charge on any atom is -0.444 e. The highest BCUT2D eigenvalue weighted by Crippen LogP contribution is 2.61. The van der Waals surface area contributed by atoms with Crippen molar-refractivity contribution in [1.82, 2.24) is 15.1 Å². The summed E-state index contributed by atoms with van der Waals surface area (Å²) >= 11 is 0. The molecule has 0 bridgehead atoms. The normalized spacial score (nSPS) is 24.3. The monoisotopic (exact) mass is 289 g/mol. The number of amides is 1. The number of likely N-dealkylation sites (tertiary alicyclic amines) is 1. The van der Waals surface area contributed by atoms with E-state index in [9.17, 15) is 4.79 Å². The van der Waals surface area contributed by atoms with Gasteiger partial charge in [0.05, 0.1) is 5.69 Å². The summed E-state index contributed by atoms with van der Waals surface area (Å²) in [6.07, 6.45) is 0.732. The molecule has 1 fully saturated rings. The summed E-state index contributed by atoms with van der Waals surface area (Å²) in [4.78, 5) is 13.9. The molecule has 1 aromatic rings. The van der Waals surface area contributed by atoms with E-state index in [2.05, 4.69) is 30.1 Å². The van der Waals surface area contributed by atoms with Crippen molar-refractivity contribution in [3.63, 3.8) is 0 Å². The van der Waals surface area contributed by atoms with Crippen LogP contribution in [-0.2, 0) is 11.2 Å². The van der Waals surface area contributed by atoms with Gasteiger partial charge in [0.25, 0.3) is 0 Å². The summed E-state index contributed by atoms with van der Waals surface area (Å²) < 4.78 is 5.44.